The third-order valence-electron chi connectivity index (χ3n) is 9.05. The highest BCUT2D eigenvalue weighted by Crippen LogP contribution is 2.38. The smallest absolute Gasteiger partial charge is 0.306 e. The van der Waals surface area contributed by atoms with Gasteiger partial charge in [0, 0.05) is 13.0 Å². The molecule has 0 saturated carbocycles. The molecule has 0 fully saturated rings. The number of carbonyl (C=O) groups is 1. The van der Waals surface area contributed by atoms with Gasteiger partial charge in [-0.15, -0.1) is 0 Å². The van der Waals surface area contributed by atoms with Gasteiger partial charge in [0.05, 0.1) is 34.4 Å². The quantitative estimate of drug-likeness (QED) is 0.0200. The number of ether oxygens (including phenoxy) is 2. The second-order valence-electron chi connectivity index (χ2n) is 15.7. The van der Waals surface area contributed by atoms with E-state index in [1.165, 1.54) is 77.0 Å². The minimum Gasteiger partial charge on any atom is -0.756 e. The summed E-state index contributed by atoms with van der Waals surface area (Å²) in [6.45, 7) is 5.24. The Morgan fingerprint density at radius 1 is 0.582 bits per heavy atom. The average Bonchev–Trinajstić information content (AvgIpc) is 3.13. The van der Waals surface area contributed by atoms with Crippen LogP contribution in [0.25, 0.3) is 0 Å². The number of hydrogen-bond donors (Lipinski definition) is 0. The first-order valence-corrected chi connectivity index (χ1v) is 23.5. The molecule has 0 aromatic carbocycles. The van der Waals surface area contributed by atoms with Crippen molar-refractivity contribution in [2.24, 2.45) is 0 Å². The predicted molar refractivity (Wildman–Crippen MR) is 231 cm³/mol. The number of quaternary nitrogens is 1. The zero-order chi connectivity index (χ0) is 40.6. The molecule has 0 aliphatic heterocycles. The van der Waals surface area contributed by atoms with Crippen molar-refractivity contribution in [1.29, 1.82) is 0 Å². The van der Waals surface area contributed by atoms with Gasteiger partial charge in [0.25, 0.3) is 7.82 Å². The molecule has 0 heterocycles. The molecule has 2 unspecified atom stereocenters. The molecule has 0 aromatic rings. The van der Waals surface area contributed by atoms with Crippen molar-refractivity contribution in [3.8, 4) is 0 Å². The van der Waals surface area contributed by atoms with Gasteiger partial charge in [0.2, 0.25) is 0 Å². The maximum Gasteiger partial charge on any atom is 0.306 e. The van der Waals surface area contributed by atoms with Crippen molar-refractivity contribution < 1.29 is 37.3 Å². The van der Waals surface area contributed by atoms with Crippen LogP contribution in [-0.2, 0) is 27.9 Å². The van der Waals surface area contributed by atoms with Gasteiger partial charge in [-0.3, -0.25) is 9.36 Å². The summed E-state index contributed by atoms with van der Waals surface area (Å²) in [5.74, 6) is -0.352. The fourth-order valence-electron chi connectivity index (χ4n) is 5.65. The Labute approximate surface area is 339 Å². The highest BCUT2D eigenvalue weighted by Gasteiger charge is 2.20. The molecule has 55 heavy (non-hydrogen) atoms. The van der Waals surface area contributed by atoms with Crippen LogP contribution in [0.1, 0.15) is 168 Å². The first-order valence-electron chi connectivity index (χ1n) is 22.0. The van der Waals surface area contributed by atoms with Crippen molar-refractivity contribution in [2.75, 3.05) is 54.1 Å². The Morgan fingerprint density at radius 2 is 1.05 bits per heavy atom. The van der Waals surface area contributed by atoms with E-state index in [0.717, 1.165) is 70.6 Å². The summed E-state index contributed by atoms with van der Waals surface area (Å²) in [6, 6.07) is 0. The molecular formula is C46H84NO7P. The minimum absolute atomic E-state index is 0.0193. The SMILES string of the molecule is CC/C=C\C/C=C\C/C=C\C/C=C\CCCCCCCCC(=O)OC(COCCCCCCCC/C=C\CCCCCC)COP(=O)([O-])OCC[N+](C)(C)C. The summed E-state index contributed by atoms with van der Waals surface area (Å²) in [6.07, 6.45) is 48.0. The number of nitrogens with zero attached hydrogens (tertiary/aromatic N) is 1. The number of phosphoric ester groups is 1. The molecule has 0 aromatic heterocycles. The molecule has 0 aliphatic carbocycles. The Bertz CT molecular complexity index is 1060. The third-order valence-corrected chi connectivity index (χ3v) is 10.0. The number of phosphoric acid groups is 1. The lowest BCUT2D eigenvalue weighted by molar-refractivity contribution is -0.870. The van der Waals surface area contributed by atoms with Crippen LogP contribution >= 0.6 is 7.82 Å². The monoisotopic (exact) mass is 794 g/mol. The van der Waals surface area contributed by atoms with Crippen LogP contribution in [0, 0.1) is 0 Å². The molecule has 0 radical (unpaired) electrons. The van der Waals surface area contributed by atoms with E-state index in [1.807, 2.05) is 21.1 Å². The second kappa shape index (κ2) is 39.0. The molecule has 2 atom stereocenters. The van der Waals surface area contributed by atoms with E-state index in [9.17, 15) is 14.3 Å². The maximum absolute atomic E-state index is 12.7. The molecule has 0 aliphatic rings. The molecular weight excluding hydrogens is 709 g/mol. The van der Waals surface area contributed by atoms with E-state index in [1.54, 1.807) is 0 Å². The Balaban J connectivity index is 4.28. The zero-order valence-corrected chi connectivity index (χ0v) is 37.0. The van der Waals surface area contributed by atoms with Gasteiger partial charge < -0.3 is 27.9 Å². The zero-order valence-electron chi connectivity index (χ0n) is 36.1. The van der Waals surface area contributed by atoms with Crippen LogP contribution in [0.4, 0.5) is 0 Å². The summed E-state index contributed by atoms with van der Waals surface area (Å²) in [5, 5.41) is 0. The number of hydrogen-bond acceptors (Lipinski definition) is 7. The molecule has 0 bridgehead atoms. The first kappa shape index (κ1) is 53.2. The number of likely N-dealkylation sites (N-methyl/N-ethyl adjacent to an activating group) is 1. The summed E-state index contributed by atoms with van der Waals surface area (Å²) < 4.78 is 34.6. The van der Waals surface area contributed by atoms with Crippen LogP contribution in [0.15, 0.2) is 60.8 Å². The van der Waals surface area contributed by atoms with Crippen LogP contribution in [0.2, 0.25) is 0 Å². The summed E-state index contributed by atoms with van der Waals surface area (Å²) in [7, 11) is 1.33. The molecule has 320 valence electrons. The van der Waals surface area contributed by atoms with Crippen LogP contribution < -0.4 is 4.89 Å². The molecule has 0 N–H and O–H groups in total. The number of esters is 1. The van der Waals surface area contributed by atoms with Crippen LogP contribution in [0.5, 0.6) is 0 Å². The highest BCUT2D eigenvalue weighted by atomic mass is 31.2. The first-order chi connectivity index (χ1) is 26.6. The molecule has 8 nitrogen and oxygen atoms in total. The normalized spacial score (nSPS) is 14.4. The van der Waals surface area contributed by atoms with Crippen molar-refractivity contribution in [1.82, 2.24) is 0 Å². The number of allylic oxidation sites excluding steroid dienone is 10. The van der Waals surface area contributed by atoms with Crippen LogP contribution in [-0.4, -0.2) is 70.7 Å². The molecule has 0 spiro atoms. The topological polar surface area (TPSA) is 94.1 Å². The van der Waals surface area contributed by atoms with E-state index in [0.29, 0.717) is 24.1 Å². The summed E-state index contributed by atoms with van der Waals surface area (Å²) in [4.78, 5) is 25.1. The average molecular weight is 794 g/mol. The predicted octanol–water partition coefficient (Wildman–Crippen LogP) is 12.3. The van der Waals surface area contributed by atoms with Gasteiger partial charge in [-0.2, -0.15) is 0 Å². The van der Waals surface area contributed by atoms with Gasteiger partial charge in [-0.25, -0.2) is 0 Å². The van der Waals surface area contributed by atoms with E-state index in [4.69, 9.17) is 18.5 Å². The Kier molecular flexibility index (Phi) is 37.8. The molecule has 9 heteroatoms. The Morgan fingerprint density at radius 3 is 1.60 bits per heavy atom. The highest BCUT2D eigenvalue weighted by molar-refractivity contribution is 7.45. The third kappa shape index (κ3) is 43.2. The van der Waals surface area contributed by atoms with Gasteiger partial charge in [0.15, 0.2) is 0 Å². The number of rotatable bonds is 40. The van der Waals surface area contributed by atoms with E-state index < -0.39 is 13.9 Å². The van der Waals surface area contributed by atoms with Crippen molar-refractivity contribution in [2.45, 2.75) is 174 Å². The summed E-state index contributed by atoms with van der Waals surface area (Å²) in [5.41, 5.74) is 0. The maximum atomic E-state index is 12.7. The second-order valence-corrected chi connectivity index (χ2v) is 17.1. The minimum atomic E-state index is -4.53. The van der Waals surface area contributed by atoms with Gasteiger partial charge in [0.1, 0.15) is 19.3 Å². The van der Waals surface area contributed by atoms with Gasteiger partial charge >= 0.3 is 5.97 Å². The fraction of sp³-hybridized carbons (Fsp3) is 0.761. The van der Waals surface area contributed by atoms with Crippen molar-refractivity contribution in [3.63, 3.8) is 0 Å². The molecule has 0 rings (SSSR count). The Hall–Kier alpha value is -1.80. The lowest BCUT2D eigenvalue weighted by Crippen LogP contribution is -2.37. The number of carbonyl (C=O) groups excluding carboxylic acids is 1. The fourth-order valence-corrected chi connectivity index (χ4v) is 6.38. The largest absolute Gasteiger partial charge is 0.756 e. The van der Waals surface area contributed by atoms with Gasteiger partial charge in [-0.1, -0.05) is 145 Å². The van der Waals surface area contributed by atoms with Crippen molar-refractivity contribution in [3.05, 3.63) is 60.8 Å². The lowest BCUT2D eigenvalue weighted by atomic mass is 10.1. The molecule has 0 saturated heterocycles. The standard InChI is InChI=1S/C46H84NO7P/c1-6-8-10-12-14-16-18-20-22-23-24-25-26-27-29-31-33-35-37-39-46(48)54-45(44-53-55(49,50)52-42-40-47(3,4)5)43-51-41-38-36-34-32-30-28-21-19-17-15-13-11-9-7-2/h8,10,14,16-17,19-20,22,24-25,45H,6-7,9,11-13,15,18,21,23,26-44H2,1-5H3/b10-8-,16-14-,19-17-,22-20-,25-24-. The van der Waals surface area contributed by atoms with E-state index in [-0.39, 0.29) is 25.8 Å². The van der Waals surface area contributed by atoms with E-state index >= 15 is 0 Å². The number of unbranched alkanes of at least 4 members (excludes halogenated alkanes) is 16. The lowest BCUT2D eigenvalue weighted by Gasteiger charge is -2.28. The van der Waals surface area contributed by atoms with E-state index in [2.05, 4.69) is 74.6 Å². The van der Waals surface area contributed by atoms with Crippen molar-refractivity contribution >= 4 is 13.8 Å². The molecule has 0 amide bonds. The van der Waals surface area contributed by atoms with Gasteiger partial charge in [-0.05, 0) is 77.0 Å². The summed E-state index contributed by atoms with van der Waals surface area (Å²) >= 11 is 0. The van der Waals surface area contributed by atoms with Crippen LogP contribution in [0.3, 0.4) is 0 Å².